The SMILES string of the molecule is O=C(Nc1ccccc1C(F)(F)F)N1CC(COc2cncc(Cl)n2)C1. The Morgan fingerprint density at radius 2 is 2.04 bits per heavy atom. The molecule has 0 spiro atoms. The molecule has 0 radical (unpaired) electrons. The van der Waals surface area contributed by atoms with Crippen LogP contribution in [-0.4, -0.2) is 40.6 Å². The second kappa shape index (κ2) is 7.36. The largest absolute Gasteiger partial charge is 0.476 e. The number of para-hydroxylation sites is 1. The van der Waals surface area contributed by atoms with E-state index in [1.165, 1.54) is 35.5 Å². The number of nitrogens with zero attached hydrogens (tertiary/aromatic N) is 3. The number of hydrogen-bond acceptors (Lipinski definition) is 4. The first-order chi connectivity index (χ1) is 12.3. The number of rotatable bonds is 4. The van der Waals surface area contributed by atoms with Crippen molar-refractivity contribution in [1.82, 2.24) is 14.9 Å². The number of hydrogen-bond donors (Lipinski definition) is 1. The van der Waals surface area contributed by atoms with Gasteiger partial charge < -0.3 is 15.0 Å². The second-order valence-corrected chi connectivity index (χ2v) is 6.12. The molecular formula is C16H14ClF3N4O2. The lowest BCUT2D eigenvalue weighted by Crippen LogP contribution is -2.53. The Morgan fingerprint density at radius 1 is 1.31 bits per heavy atom. The molecule has 0 unspecified atom stereocenters. The van der Waals surface area contributed by atoms with Crippen LogP contribution in [0.15, 0.2) is 36.7 Å². The Balaban J connectivity index is 1.50. The van der Waals surface area contributed by atoms with E-state index in [0.717, 1.165) is 6.07 Å². The van der Waals surface area contributed by atoms with Gasteiger partial charge in [0.1, 0.15) is 0 Å². The van der Waals surface area contributed by atoms with E-state index in [-0.39, 0.29) is 22.6 Å². The number of nitrogens with one attached hydrogen (secondary N) is 1. The lowest BCUT2D eigenvalue weighted by molar-refractivity contribution is -0.136. The highest BCUT2D eigenvalue weighted by molar-refractivity contribution is 6.29. The molecule has 6 nitrogen and oxygen atoms in total. The summed E-state index contributed by atoms with van der Waals surface area (Å²) in [6.07, 6.45) is -1.74. The van der Waals surface area contributed by atoms with Gasteiger partial charge in [0, 0.05) is 19.0 Å². The van der Waals surface area contributed by atoms with Crippen LogP contribution >= 0.6 is 11.6 Å². The van der Waals surface area contributed by atoms with Crippen LogP contribution in [0.3, 0.4) is 0 Å². The number of alkyl halides is 3. The molecule has 1 aliphatic heterocycles. The molecule has 0 bridgehead atoms. The summed E-state index contributed by atoms with van der Waals surface area (Å²) in [6.45, 7) is 1.04. The maximum Gasteiger partial charge on any atom is 0.418 e. The topological polar surface area (TPSA) is 67.4 Å². The van der Waals surface area contributed by atoms with Gasteiger partial charge in [-0.15, -0.1) is 0 Å². The first-order valence-electron chi connectivity index (χ1n) is 7.65. The number of amides is 2. The number of halogens is 4. The third kappa shape index (κ3) is 4.34. The molecule has 0 saturated carbocycles. The van der Waals surface area contributed by atoms with E-state index >= 15 is 0 Å². The summed E-state index contributed by atoms with van der Waals surface area (Å²) in [7, 11) is 0. The van der Waals surface area contributed by atoms with Crippen LogP contribution in [0.1, 0.15) is 5.56 Å². The van der Waals surface area contributed by atoms with E-state index in [1.54, 1.807) is 0 Å². The minimum atomic E-state index is -4.53. The average Bonchev–Trinajstić information content (AvgIpc) is 2.53. The van der Waals surface area contributed by atoms with Crippen molar-refractivity contribution in [1.29, 1.82) is 0 Å². The van der Waals surface area contributed by atoms with Gasteiger partial charge in [-0.05, 0) is 12.1 Å². The molecule has 10 heteroatoms. The predicted molar refractivity (Wildman–Crippen MR) is 88.1 cm³/mol. The molecule has 1 N–H and O–H groups in total. The first kappa shape index (κ1) is 18.2. The highest BCUT2D eigenvalue weighted by atomic mass is 35.5. The van der Waals surface area contributed by atoms with Crippen molar-refractivity contribution in [3.8, 4) is 5.88 Å². The van der Waals surface area contributed by atoms with E-state index in [1.807, 2.05) is 0 Å². The van der Waals surface area contributed by atoms with Crippen LogP contribution in [0, 0.1) is 5.92 Å². The molecule has 2 heterocycles. The number of urea groups is 1. The van der Waals surface area contributed by atoms with Crippen molar-refractivity contribution in [2.45, 2.75) is 6.18 Å². The normalized spacial score (nSPS) is 14.7. The average molecular weight is 387 g/mol. The quantitative estimate of drug-likeness (QED) is 0.870. The molecule has 1 aromatic heterocycles. The Morgan fingerprint density at radius 3 is 2.73 bits per heavy atom. The first-order valence-corrected chi connectivity index (χ1v) is 8.03. The van der Waals surface area contributed by atoms with Gasteiger partial charge in [0.2, 0.25) is 5.88 Å². The maximum absolute atomic E-state index is 12.9. The minimum absolute atomic E-state index is 0.0550. The molecule has 2 amide bonds. The van der Waals surface area contributed by atoms with E-state index < -0.39 is 17.8 Å². The molecule has 1 saturated heterocycles. The standard InChI is InChI=1S/C16H14ClF3N4O2/c17-13-5-21-6-14(23-13)26-9-10-7-24(8-10)15(25)22-12-4-2-1-3-11(12)16(18,19)20/h1-6,10H,7-9H2,(H,22,25). The number of benzene rings is 1. The fourth-order valence-electron chi connectivity index (χ4n) is 2.47. The summed E-state index contributed by atoms with van der Waals surface area (Å²) in [5, 5.41) is 2.52. The van der Waals surface area contributed by atoms with Gasteiger partial charge in [-0.1, -0.05) is 23.7 Å². The van der Waals surface area contributed by atoms with Crippen LogP contribution < -0.4 is 10.1 Å². The second-order valence-electron chi connectivity index (χ2n) is 5.74. The predicted octanol–water partition coefficient (Wildman–Crippen LogP) is 3.69. The highest BCUT2D eigenvalue weighted by Gasteiger charge is 2.35. The van der Waals surface area contributed by atoms with Gasteiger partial charge >= 0.3 is 12.2 Å². The molecule has 138 valence electrons. The molecule has 0 atom stereocenters. The molecule has 2 aromatic rings. The van der Waals surface area contributed by atoms with Gasteiger partial charge in [0.05, 0.1) is 30.3 Å². The summed E-state index contributed by atoms with van der Waals surface area (Å²) in [5.74, 6) is 0.332. The molecule has 1 fully saturated rings. The Hall–Kier alpha value is -2.55. The zero-order valence-electron chi connectivity index (χ0n) is 13.3. The van der Waals surface area contributed by atoms with Crippen LogP contribution in [0.5, 0.6) is 5.88 Å². The van der Waals surface area contributed by atoms with E-state index in [4.69, 9.17) is 16.3 Å². The molecule has 0 aliphatic carbocycles. The molecule has 26 heavy (non-hydrogen) atoms. The Kier molecular flexibility index (Phi) is 5.17. The summed E-state index contributed by atoms with van der Waals surface area (Å²) < 4.78 is 44.3. The van der Waals surface area contributed by atoms with Gasteiger partial charge in [0.25, 0.3) is 0 Å². The van der Waals surface area contributed by atoms with Crippen molar-refractivity contribution >= 4 is 23.3 Å². The highest BCUT2D eigenvalue weighted by Crippen LogP contribution is 2.34. The van der Waals surface area contributed by atoms with E-state index in [2.05, 4.69) is 15.3 Å². The maximum atomic E-state index is 12.9. The minimum Gasteiger partial charge on any atom is -0.476 e. The van der Waals surface area contributed by atoms with Crippen LogP contribution in [0.2, 0.25) is 5.15 Å². The van der Waals surface area contributed by atoms with Crippen molar-refractivity contribution in [2.24, 2.45) is 5.92 Å². The van der Waals surface area contributed by atoms with Crippen LogP contribution in [0.25, 0.3) is 0 Å². The third-order valence-corrected chi connectivity index (χ3v) is 3.95. The fourth-order valence-corrected chi connectivity index (χ4v) is 2.61. The van der Waals surface area contributed by atoms with Crippen molar-refractivity contribution in [3.63, 3.8) is 0 Å². The molecule has 1 aromatic carbocycles. The smallest absolute Gasteiger partial charge is 0.418 e. The van der Waals surface area contributed by atoms with Gasteiger partial charge in [-0.25, -0.2) is 4.79 Å². The van der Waals surface area contributed by atoms with Gasteiger partial charge in [-0.3, -0.25) is 4.98 Å². The van der Waals surface area contributed by atoms with Crippen molar-refractivity contribution in [2.75, 3.05) is 25.0 Å². The summed E-state index contributed by atoms with van der Waals surface area (Å²) in [5.41, 5.74) is -1.15. The van der Waals surface area contributed by atoms with Crippen molar-refractivity contribution < 1.29 is 22.7 Å². The number of carbonyl (C=O) groups is 1. The number of aromatic nitrogens is 2. The monoisotopic (exact) mass is 386 g/mol. The number of likely N-dealkylation sites (tertiary alicyclic amines) is 1. The molecule has 1 aliphatic rings. The lowest BCUT2D eigenvalue weighted by Gasteiger charge is -2.38. The summed E-state index contributed by atoms with van der Waals surface area (Å²) in [6, 6.07) is 4.27. The number of anilines is 1. The lowest BCUT2D eigenvalue weighted by atomic mass is 10.0. The summed E-state index contributed by atoms with van der Waals surface area (Å²) >= 11 is 5.70. The third-order valence-electron chi connectivity index (χ3n) is 3.77. The zero-order valence-corrected chi connectivity index (χ0v) is 14.1. The van der Waals surface area contributed by atoms with Gasteiger partial charge in [-0.2, -0.15) is 18.2 Å². The van der Waals surface area contributed by atoms with E-state index in [0.29, 0.717) is 19.7 Å². The molecule has 3 rings (SSSR count). The fraction of sp³-hybridized carbons (Fsp3) is 0.312. The Bertz CT molecular complexity index is 797. The number of carbonyl (C=O) groups excluding carboxylic acids is 1. The zero-order chi connectivity index (χ0) is 18.7. The number of ether oxygens (including phenoxy) is 1. The molecular weight excluding hydrogens is 373 g/mol. The van der Waals surface area contributed by atoms with E-state index in [9.17, 15) is 18.0 Å². The van der Waals surface area contributed by atoms with Crippen LogP contribution in [-0.2, 0) is 6.18 Å². The summed E-state index contributed by atoms with van der Waals surface area (Å²) in [4.78, 5) is 21.3. The van der Waals surface area contributed by atoms with Gasteiger partial charge in [0.15, 0.2) is 5.15 Å². The van der Waals surface area contributed by atoms with Crippen molar-refractivity contribution in [3.05, 3.63) is 47.4 Å². The van der Waals surface area contributed by atoms with Crippen LogP contribution in [0.4, 0.5) is 23.7 Å². The Labute approximate surface area is 151 Å².